The maximum absolute atomic E-state index is 12.4. The third-order valence-electron chi connectivity index (χ3n) is 6.93. The van der Waals surface area contributed by atoms with Crippen molar-refractivity contribution in [1.82, 2.24) is 4.90 Å². The molecule has 32 heavy (non-hydrogen) atoms. The van der Waals surface area contributed by atoms with Crippen LogP contribution in [-0.4, -0.2) is 37.3 Å². The number of hydrogen-bond donors (Lipinski definition) is 1. The summed E-state index contributed by atoms with van der Waals surface area (Å²) < 4.78 is 5.62. The van der Waals surface area contributed by atoms with Crippen molar-refractivity contribution in [2.45, 2.75) is 31.3 Å². The molecule has 2 heterocycles. The smallest absolute Gasteiger partial charge is 0.410 e. The Morgan fingerprint density at radius 1 is 1.06 bits per heavy atom. The molecule has 3 aromatic rings. The summed E-state index contributed by atoms with van der Waals surface area (Å²) in [6, 6.07) is 26.1. The number of hydrogen-bond acceptors (Lipinski definition) is 4. The van der Waals surface area contributed by atoms with Gasteiger partial charge in [0.1, 0.15) is 5.75 Å². The van der Waals surface area contributed by atoms with Crippen LogP contribution in [0.25, 0.3) is 0 Å². The number of likely N-dealkylation sites (N-methyl/N-ethyl adjacent to an activating group) is 1. The van der Waals surface area contributed by atoms with E-state index in [-0.39, 0.29) is 5.41 Å². The average molecular weight is 428 g/mol. The molecular formula is C27H29N3O2. The van der Waals surface area contributed by atoms with Crippen molar-refractivity contribution >= 4 is 17.5 Å². The van der Waals surface area contributed by atoms with Crippen molar-refractivity contribution in [2.75, 3.05) is 30.4 Å². The van der Waals surface area contributed by atoms with Gasteiger partial charge in [-0.2, -0.15) is 0 Å². The monoisotopic (exact) mass is 427 g/mol. The molecule has 0 spiro atoms. The molecule has 1 saturated heterocycles. The van der Waals surface area contributed by atoms with Crippen molar-refractivity contribution in [3.8, 4) is 5.75 Å². The van der Waals surface area contributed by atoms with Gasteiger partial charge in [0.15, 0.2) is 0 Å². The lowest BCUT2D eigenvalue weighted by molar-refractivity contribution is 0.215. The predicted octanol–water partition coefficient (Wildman–Crippen LogP) is 5.28. The fourth-order valence-corrected chi connectivity index (χ4v) is 5.38. The molecule has 2 aliphatic rings. The molecule has 0 bridgehead atoms. The predicted molar refractivity (Wildman–Crippen MR) is 128 cm³/mol. The van der Waals surface area contributed by atoms with E-state index in [0.717, 1.165) is 31.6 Å². The Balaban J connectivity index is 1.31. The van der Waals surface area contributed by atoms with Crippen molar-refractivity contribution in [2.24, 2.45) is 0 Å². The molecule has 5 nitrogen and oxygen atoms in total. The first-order valence-electron chi connectivity index (χ1n) is 11.2. The summed E-state index contributed by atoms with van der Waals surface area (Å²) in [6.07, 6.45) is 1.98. The molecule has 2 unspecified atom stereocenters. The molecule has 1 N–H and O–H groups in total. The van der Waals surface area contributed by atoms with Crippen LogP contribution in [-0.2, 0) is 11.8 Å². The van der Waals surface area contributed by atoms with Gasteiger partial charge < -0.3 is 9.64 Å². The number of para-hydroxylation sites is 1. The number of benzene rings is 3. The number of amides is 1. The highest BCUT2D eigenvalue weighted by Gasteiger charge is 2.53. The van der Waals surface area contributed by atoms with Crippen LogP contribution in [0.1, 0.15) is 24.5 Å². The van der Waals surface area contributed by atoms with Gasteiger partial charge in [-0.15, -0.1) is 0 Å². The summed E-state index contributed by atoms with van der Waals surface area (Å²) in [5.41, 5.74) is 4.58. The highest BCUT2D eigenvalue weighted by Crippen LogP contribution is 2.52. The maximum atomic E-state index is 12.4. The van der Waals surface area contributed by atoms with Gasteiger partial charge in [0, 0.05) is 36.9 Å². The third kappa shape index (κ3) is 3.73. The second-order valence-electron chi connectivity index (χ2n) is 8.98. The minimum Gasteiger partial charge on any atom is -0.410 e. The third-order valence-corrected chi connectivity index (χ3v) is 6.93. The van der Waals surface area contributed by atoms with Gasteiger partial charge >= 0.3 is 6.09 Å². The molecule has 0 aliphatic carbocycles. The van der Waals surface area contributed by atoms with E-state index < -0.39 is 6.09 Å². The van der Waals surface area contributed by atoms with Crippen molar-refractivity contribution < 1.29 is 9.53 Å². The van der Waals surface area contributed by atoms with Crippen molar-refractivity contribution in [3.05, 3.63) is 90.0 Å². The quantitative estimate of drug-likeness (QED) is 0.602. The summed E-state index contributed by atoms with van der Waals surface area (Å²) in [4.78, 5) is 17.4. The molecule has 2 atom stereocenters. The van der Waals surface area contributed by atoms with Gasteiger partial charge in [0.2, 0.25) is 0 Å². The van der Waals surface area contributed by atoms with Gasteiger partial charge in [0.25, 0.3) is 0 Å². The standard InChI is InChI=1S/C27H29N3O2/c1-27-16-18-30(17-15-20-9-5-3-6-10-20)25(27)29(2)24-14-13-22(19-23(24)27)32-26(31)28-21-11-7-4-8-12-21/h3-14,19,25H,15-18H2,1-2H3,(H,28,31). The Morgan fingerprint density at radius 2 is 1.78 bits per heavy atom. The largest absolute Gasteiger partial charge is 0.417 e. The van der Waals surface area contributed by atoms with Crippen LogP contribution in [0.3, 0.4) is 0 Å². The first-order valence-corrected chi connectivity index (χ1v) is 11.2. The molecule has 5 rings (SSSR count). The lowest BCUT2D eigenvalue weighted by atomic mass is 9.81. The lowest BCUT2D eigenvalue weighted by Gasteiger charge is -2.34. The van der Waals surface area contributed by atoms with E-state index in [9.17, 15) is 4.79 Å². The van der Waals surface area contributed by atoms with E-state index in [2.05, 4.69) is 71.6 Å². The van der Waals surface area contributed by atoms with Gasteiger partial charge in [-0.3, -0.25) is 10.2 Å². The zero-order valence-corrected chi connectivity index (χ0v) is 18.6. The highest BCUT2D eigenvalue weighted by molar-refractivity contribution is 5.86. The number of ether oxygens (including phenoxy) is 1. The maximum Gasteiger partial charge on any atom is 0.417 e. The Morgan fingerprint density at radius 3 is 2.53 bits per heavy atom. The zero-order valence-electron chi connectivity index (χ0n) is 18.6. The molecular weight excluding hydrogens is 398 g/mol. The molecule has 1 amide bonds. The normalized spacial score (nSPS) is 21.8. The number of carbonyl (C=O) groups is 1. The average Bonchev–Trinajstić information content (AvgIpc) is 3.25. The zero-order chi connectivity index (χ0) is 22.1. The molecule has 2 aliphatic heterocycles. The second kappa shape index (κ2) is 8.32. The van der Waals surface area contributed by atoms with E-state index in [0.29, 0.717) is 11.9 Å². The molecule has 5 heteroatoms. The Kier molecular flexibility index (Phi) is 5.35. The number of rotatable bonds is 5. The second-order valence-corrected chi connectivity index (χ2v) is 8.98. The number of carbonyl (C=O) groups excluding carboxylic acids is 1. The summed E-state index contributed by atoms with van der Waals surface area (Å²) in [7, 11) is 2.18. The fourth-order valence-electron chi connectivity index (χ4n) is 5.38. The molecule has 0 aromatic heterocycles. The summed E-state index contributed by atoms with van der Waals surface area (Å²) in [5.74, 6) is 0.579. The molecule has 0 saturated carbocycles. The first kappa shape index (κ1) is 20.6. The lowest BCUT2D eigenvalue weighted by Crippen LogP contribution is -2.47. The molecule has 164 valence electrons. The van der Waals surface area contributed by atoms with Crippen LogP contribution in [0, 0.1) is 0 Å². The van der Waals surface area contributed by atoms with E-state index in [4.69, 9.17) is 4.74 Å². The van der Waals surface area contributed by atoms with E-state index in [1.807, 2.05) is 36.4 Å². The molecule has 0 radical (unpaired) electrons. The van der Waals surface area contributed by atoms with Crippen molar-refractivity contribution in [1.29, 1.82) is 0 Å². The topological polar surface area (TPSA) is 44.8 Å². The van der Waals surface area contributed by atoms with Crippen LogP contribution in [0.15, 0.2) is 78.9 Å². The summed E-state index contributed by atoms with van der Waals surface area (Å²) >= 11 is 0. The summed E-state index contributed by atoms with van der Waals surface area (Å²) in [5, 5.41) is 2.78. The van der Waals surface area contributed by atoms with E-state index >= 15 is 0 Å². The minimum atomic E-state index is -0.472. The number of nitrogens with one attached hydrogen (secondary N) is 1. The Hall–Kier alpha value is -3.31. The summed E-state index contributed by atoms with van der Waals surface area (Å²) in [6.45, 7) is 4.44. The van der Waals surface area contributed by atoms with Crippen molar-refractivity contribution in [3.63, 3.8) is 0 Å². The van der Waals surface area contributed by atoms with Gasteiger partial charge in [-0.1, -0.05) is 55.5 Å². The minimum absolute atomic E-state index is 0.00997. The van der Waals surface area contributed by atoms with Crippen LogP contribution in [0.4, 0.5) is 16.2 Å². The van der Waals surface area contributed by atoms with E-state index in [1.54, 1.807) is 0 Å². The van der Waals surface area contributed by atoms with Gasteiger partial charge in [-0.05, 0) is 54.3 Å². The number of fused-ring (bicyclic) bond motifs is 3. The van der Waals surface area contributed by atoms with Crippen LogP contribution < -0.4 is 15.0 Å². The fraction of sp³-hybridized carbons (Fsp3) is 0.296. The molecule has 1 fully saturated rings. The Bertz CT molecular complexity index is 1100. The first-order chi connectivity index (χ1) is 15.5. The number of likely N-dealkylation sites (tertiary alicyclic amines) is 1. The Labute approximate surface area is 189 Å². The SMILES string of the molecule is CN1c2ccc(OC(=O)Nc3ccccc3)cc2C2(C)CCN(CCc3ccccc3)C12. The van der Waals surface area contributed by atoms with Gasteiger partial charge in [0.05, 0.1) is 6.17 Å². The van der Waals surface area contributed by atoms with Crippen LogP contribution in [0.2, 0.25) is 0 Å². The number of anilines is 2. The highest BCUT2D eigenvalue weighted by atomic mass is 16.6. The van der Waals surface area contributed by atoms with E-state index in [1.165, 1.54) is 16.8 Å². The van der Waals surface area contributed by atoms with Crippen LogP contribution in [0.5, 0.6) is 5.75 Å². The number of nitrogens with zero attached hydrogens (tertiary/aromatic N) is 2. The van der Waals surface area contributed by atoms with Crippen LogP contribution >= 0.6 is 0 Å². The molecule has 3 aromatic carbocycles. The van der Waals surface area contributed by atoms with Gasteiger partial charge in [-0.25, -0.2) is 4.79 Å².